The van der Waals surface area contributed by atoms with Gasteiger partial charge in [0.1, 0.15) is 5.75 Å². The molecule has 1 N–H and O–H groups in total. The number of hydrogen-bond acceptors (Lipinski definition) is 5. The molecule has 0 spiro atoms. The highest BCUT2D eigenvalue weighted by Crippen LogP contribution is 2.23. The standard InChI is InChI=1S/C20H21BrN4O4S/c1-29-19-7-4-17(21)12-16(19)14-23-20(26)24-8-10-25(11-9-24)30(27,28)18-5-2-15(13-22)3-6-18/h2-7,12H,8-11,14H2,1H3,(H,23,26). The van der Waals surface area contributed by atoms with Gasteiger partial charge in [0.25, 0.3) is 0 Å². The van der Waals surface area contributed by atoms with Gasteiger partial charge in [-0.2, -0.15) is 9.57 Å². The number of carbonyl (C=O) groups is 1. The van der Waals surface area contributed by atoms with Crippen molar-refractivity contribution < 1.29 is 17.9 Å². The van der Waals surface area contributed by atoms with E-state index >= 15 is 0 Å². The molecule has 10 heteroatoms. The van der Waals surface area contributed by atoms with Crippen molar-refractivity contribution in [1.82, 2.24) is 14.5 Å². The van der Waals surface area contributed by atoms with Crippen LogP contribution in [0, 0.1) is 11.3 Å². The molecule has 0 radical (unpaired) electrons. The van der Waals surface area contributed by atoms with Crippen molar-refractivity contribution >= 4 is 32.0 Å². The van der Waals surface area contributed by atoms with Gasteiger partial charge < -0.3 is 15.0 Å². The van der Waals surface area contributed by atoms with E-state index in [1.165, 1.54) is 28.6 Å². The zero-order valence-electron chi connectivity index (χ0n) is 16.3. The Morgan fingerprint density at radius 3 is 2.43 bits per heavy atom. The number of hydrogen-bond donors (Lipinski definition) is 1. The zero-order valence-corrected chi connectivity index (χ0v) is 18.7. The summed E-state index contributed by atoms with van der Waals surface area (Å²) in [5.41, 5.74) is 1.24. The van der Waals surface area contributed by atoms with E-state index in [9.17, 15) is 13.2 Å². The van der Waals surface area contributed by atoms with Crippen LogP contribution in [-0.4, -0.2) is 56.9 Å². The summed E-state index contributed by atoms with van der Waals surface area (Å²) in [4.78, 5) is 14.2. The van der Waals surface area contributed by atoms with Crippen LogP contribution in [0.25, 0.3) is 0 Å². The van der Waals surface area contributed by atoms with Gasteiger partial charge in [-0.1, -0.05) is 15.9 Å². The fourth-order valence-electron chi connectivity index (χ4n) is 3.15. The molecule has 1 heterocycles. The third-order valence-corrected chi connectivity index (χ3v) is 7.23. The summed E-state index contributed by atoms with van der Waals surface area (Å²) in [5.74, 6) is 0.678. The molecule has 2 aromatic rings. The number of nitriles is 1. The number of halogens is 1. The quantitative estimate of drug-likeness (QED) is 0.690. The highest BCUT2D eigenvalue weighted by molar-refractivity contribution is 9.10. The van der Waals surface area contributed by atoms with Crippen LogP contribution in [0.1, 0.15) is 11.1 Å². The Hall–Kier alpha value is -2.61. The number of carbonyl (C=O) groups excluding carboxylic acids is 1. The molecule has 1 aliphatic heterocycles. The summed E-state index contributed by atoms with van der Waals surface area (Å²) in [5, 5.41) is 11.7. The average molecular weight is 493 g/mol. The number of nitrogens with one attached hydrogen (secondary N) is 1. The fourth-order valence-corrected chi connectivity index (χ4v) is 4.98. The monoisotopic (exact) mass is 492 g/mol. The first kappa shape index (κ1) is 22.1. The van der Waals surface area contributed by atoms with Gasteiger partial charge in [-0.05, 0) is 42.5 Å². The van der Waals surface area contributed by atoms with E-state index in [4.69, 9.17) is 10.00 Å². The highest BCUT2D eigenvalue weighted by Gasteiger charge is 2.30. The third-order valence-electron chi connectivity index (χ3n) is 4.82. The van der Waals surface area contributed by atoms with Crippen LogP contribution in [0.4, 0.5) is 4.79 Å². The SMILES string of the molecule is COc1ccc(Br)cc1CNC(=O)N1CCN(S(=O)(=O)c2ccc(C#N)cc2)CC1. The summed E-state index contributed by atoms with van der Waals surface area (Å²) >= 11 is 3.40. The molecule has 1 aliphatic rings. The number of nitrogens with zero attached hydrogens (tertiary/aromatic N) is 3. The van der Waals surface area contributed by atoms with Crippen molar-refractivity contribution in [3.05, 3.63) is 58.1 Å². The van der Waals surface area contributed by atoms with Crippen molar-refractivity contribution in [3.63, 3.8) is 0 Å². The zero-order chi connectivity index (χ0) is 21.7. The molecule has 2 amide bonds. The van der Waals surface area contributed by atoms with Crippen molar-refractivity contribution in [1.29, 1.82) is 5.26 Å². The number of ether oxygens (including phenoxy) is 1. The molecule has 1 saturated heterocycles. The van der Waals surface area contributed by atoms with Gasteiger partial charge >= 0.3 is 6.03 Å². The van der Waals surface area contributed by atoms with Crippen LogP contribution < -0.4 is 10.1 Å². The van der Waals surface area contributed by atoms with Crippen molar-refractivity contribution in [2.75, 3.05) is 33.3 Å². The molecule has 0 bridgehead atoms. The van der Waals surface area contributed by atoms with E-state index in [1.54, 1.807) is 12.0 Å². The lowest BCUT2D eigenvalue weighted by Gasteiger charge is -2.34. The van der Waals surface area contributed by atoms with Gasteiger partial charge in [0.2, 0.25) is 10.0 Å². The second-order valence-electron chi connectivity index (χ2n) is 6.64. The minimum atomic E-state index is -3.66. The molecule has 0 aromatic heterocycles. The van der Waals surface area contributed by atoms with Crippen LogP contribution in [0.5, 0.6) is 5.75 Å². The van der Waals surface area contributed by atoms with E-state index in [-0.39, 0.29) is 37.1 Å². The van der Waals surface area contributed by atoms with Crippen LogP contribution in [-0.2, 0) is 16.6 Å². The van der Waals surface area contributed by atoms with Crippen molar-refractivity contribution in [3.8, 4) is 11.8 Å². The molecule has 0 aliphatic carbocycles. The maximum Gasteiger partial charge on any atom is 0.317 e. The predicted molar refractivity (Wildman–Crippen MR) is 114 cm³/mol. The number of piperazine rings is 1. The second-order valence-corrected chi connectivity index (χ2v) is 9.50. The van der Waals surface area contributed by atoms with Gasteiger partial charge in [0.05, 0.1) is 23.6 Å². The van der Waals surface area contributed by atoms with Gasteiger partial charge in [0.15, 0.2) is 0 Å². The molecule has 158 valence electrons. The maximum absolute atomic E-state index is 12.8. The topological polar surface area (TPSA) is 103 Å². The molecule has 8 nitrogen and oxygen atoms in total. The number of urea groups is 1. The van der Waals surface area contributed by atoms with E-state index in [1.807, 2.05) is 24.3 Å². The lowest BCUT2D eigenvalue weighted by Crippen LogP contribution is -2.52. The second kappa shape index (κ2) is 9.47. The minimum Gasteiger partial charge on any atom is -0.496 e. The van der Waals surface area contributed by atoms with Crippen molar-refractivity contribution in [2.24, 2.45) is 0 Å². The first-order chi connectivity index (χ1) is 14.3. The molecule has 2 aromatic carbocycles. The Kier molecular flexibility index (Phi) is 6.97. The summed E-state index contributed by atoms with van der Waals surface area (Å²) < 4.78 is 33.1. The first-order valence-electron chi connectivity index (χ1n) is 9.20. The summed E-state index contributed by atoms with van der Waals surface area (Å²) in [7, 11) is -2.09. The lowest BCUT2D eigenvalue weighted by atomic mass is 10.2. The number of rotatable bonds is 5. The number of benzene rings is 2. The summed E-state index contributed by atoms with van der Waals surface area (Å²) in [6.07, 6.45) is 0. The Bertz CT molecular complexity index is 1060. The van der Waals surface area contributed by atoms with Crippen LogP contribution in [0.2, 0.25) is 0 Å². The van der Waals surface area contributed by atoms with E-state index < -0.39 is 10.0 Å². The fraction of sp³-hybridized carbons (Fsp3) is 0.300. The smallest absolute Gasteiger partial charge is 0.317 e. The maximum atomic E-state index is 12.8. The van der Waals surface area contributed by atoms with E-state index in [2.05, 4.69) is 21.2 Å². The largest absolute Gasteiger partial charge is 0.496 e. The molecule has 0 atom stereocenters. The van der Waals surface area contributed by atoms with Crippen LogP contribution in [0.3, 0.4) is 0 Å². The third kappa shape index (κ3) is 4.92. The predicted octanol–water partition coefficient (Wildman–Crippen LogP) is 2.55. The summed E-state index contributed by atoms with van der Waals surface area (Å²) in [6, 6.07) is 13.1. The molecule has 30 heavy (non-hydrogen) atoms. The van der Waals surface area contributed by atoms with Crippen LogP contribution >= 0.6 is 15.9 Å². The molecule has 3 rings (SSSR count). The van der Waals surface area contributed by atoms with Crippen molar-refractivity contribution in [2.45, 2.75) is 11.4 Å². The number of sulfonamides is 1. The molecule has 1 fully saturated rings. The van der Waals surface area contributed by atoms with Gasteiger partial charge in [-0.3, -0.25) is 0 Å². The van der Waals surface area contributed by atoms with E-state index in [0.29, 0.717) is 17.9 Å². The van der Waals surface area contributed by atoms with Gasteiger partial charge in [0, 0.05) is 42.8 Å². The molecular formula is C20H21BrN4O4S. The average Bonchev–Trinajstić information content (AvgIpc) is 2.77. The Labute approximate surface area is 184 Å². The Morgan fingerprint density at radius 1 is 1.17 bits per heavy atom. The minimum absolute atomic E-state index is 0.140. The number of amides is 2. The number of methoxy groups -OCH3 is 1. The molecule has 0 unspecified atom stereocenters. The summed E-state index contributed by atoms with van der Waals surface area (Å²) in [6.45, 7) is 1.28. The lowest BCUT2D eigenvalue weighted by molar-refractivity contribution is 0.172. The van der Waals surface area contributed by atoms with E-state index in [0.717, 1.165) is 10.0 Å². The first-order valence-corrected chi connectivity index (χ1v) is 11.4. The normalized spacial score (nSPS) is 14.8. The van der Waals surface area contributed by atoms with Gasteiger partial charge in [-0.15, -0.1) is 0 Å². The molecular weight excluding hydrogens is 472 g/mol. The Morgan fingerprint density at radius 2 is 1.83 bits per heavy atom. The molecule has 0 saturated carbocycles. The van der Waals surface area contributed by atoms with Gasteiger partial charge in [-0.25, -0.2) is 13.2 Å². The Balaban J connectivity index is 1.57. The van der Waals surface area contributed by atoms with Crippen LogP contribution in [0.15, 0.2) is 51.8 Å². The highest BCUT2D eigenvalue weighted by atomic mass is 79.9.